The fourth-order valence-electron chi connectivity index (χ4n) is 3.81. The Labute approximate surface area is 143 Å². The number of halogens is 3. The van der Waals surface area contributed by atoms with Gasteiger partial charge in [-0.1, -0.05) is 29.3 Å². The molecule has 136 valence electrons. The number of carboxylic acid groups (broad SMARTS) is 1. The van der Waals surface area contributed by atoms with Gasteiger partial charge < -0.3 is 10.0 Å². The number of aliphatic carboxylic acids is 1. The molecule has 7 heteroatoms. The summed E-state index contributed by atoms with van der Waals surface area (Å²) in [5.74, 6) is -2.29. The third kappa shape index (κ3) is 2.69. The van der Waals surface area contributed by atoms with E-state index in [4.69, 9.17) is 5.11 Å². The van der Waals surface area contributed by atoms with Gasteiger partial charge in [-0.15, -0.1) is 0 Å². The Morgan fingerprint density at radius 2 is 1.64 bits per heavy atom. The first-order chi connectivity index (χ1) is 11.5. The molecule has 1 aliphatic carbocycles. The van der Waals surface area contributed by atoms with Crippen molar-refractivity contribution in [1.82, 2.24) is 4.90 Å². The Balaban J connectivity index is 1.88. The molecule has 0 bridgehead atoms. The summed E-state index contributed by atoms with van der Waals surface area (Å²) >= 11 is 0. The zero-order chi connectivity index (χ0) is 18.6. The van der Waals surface area contributed by atoms with Gasteiger partial charge in [0.25, 0.3) is 0 Å². The lowest BCUT2D eigenvalue weighted by Crippen LogP contribution is -2.48. The molecular formula is C18H20F3NO3. The monoisotopic (exact) mass is 355 g/mol. The summed E-state index contributed by atoms with van der Waals surface area (Å²) < 4.78 is 40.0. The van der Waals surface area contributed by atoms with Gasteiger partial charge in [-0.05, 0) is 38.7 Å². The van der Waals surface area contributed by atoms with E-state index >= 15 is 0 Å². The van der Waals surface area contributed by atoms with Crippen LogP contribution in [0.1, 0.15) is 36.0 Å². The van der Waals surface area contributed by atoms with Crippen LogP contribution in [0, 0.1) is 19.3 Å². The molecule has 0 radical (unpaired) electrons. The lowest BCUT2D eigenvalue weighted by molar-refractivity contribution is -0.227. The van der Waals surface area contributed by atoms with Crippen LogP contribution in [0.3, 0.4) is 0 Å². The summed E-state index contributed by atoms with van der Waals surface area (Å²) in [4.78, 5) is 25.4. The highest BCUT2D eigenvalue weighted by Crippen LogP contribution is 2.52. The molecule has 2 fully saturated rings. The molecule has 1 saturated carbocycles. The van der Waals surface area contributed by atoms with Crippen molar-refractivity contribution >= 4 is 11.9 Å². The average molecular weight is 355 g/mol. The second-order valence-electron chi connectivity index (χ2n) is 7.32. The zero-order valence-corrected chi connectivity index (χ0v) is 14.1. The van der Waals surface area contributed by atoms with Gasteiger partial charge in [0.05, 0.1) is 5.41 Å². The Morgan fingerprint density at radius 1 is 1.08 bits per heavy atom. The van der Waals surface area contributed by atoms with E-state index in [1.54, 1.807) is 0 Å². The highest BCUT2D eigenvalue weighted by molar-refractivity contribution is 5.92. The van der Waals surface area contributed by atoms with Gasteiger partial charge in [0.15, 0.2) is 5.41 Å². The Morgan fingerprint density at radius 3 is 2.04 bits per heavy atom. The van der Waals surface area contributed by atoms with E-state index in [1.165, 1.54) is 0 Å². The normalized spacial score (nSPS) is 25.1. The van der Waals surface area contributed by atoms with Crippen molar-refractivity contribution in [1.29, 1.82) is 0 Å². The first kappa shape index (κ1) is 17.8. The number of aryl methyl sites for hydroxylation is 2. The Hall–Kier alpha value is -2.05. The highest BCUT2D eigenvalue weighted by Gasteiger charge is 2.66. The molecule has 1 heterocycles. The number of carbonyl (C=O) groups excluding carboxylic acids is 1. The summed E-state index contributed by atoms with van der Waals surface area (Å²) in [6.45, 7) is 2.83. The van der Waals surface area contributed by atoms with Gasteiger partial charge in [-0.3, -0.25) is 9.59 Å². The van der Waals surface area contributed by atoms with Crippen molar-refractivity contribution in [3.8, 4) is 0 Å². The number of likely N-dealkylation sites (tertiary alicyclic amines) is 1. The van der Waals surface area contributed by atoms with Crippen LogP contribution < -0.4 is 0 Å². The van der Waals surface area contributed by atoms with Crippen LogP contribution >= 0.6 is 0 Å². The summed E-state index contributed by atoms with van der Waals surface area (Å²) in [5.41, 5.74) is -0.857. The second kappa shape index (κ2) is 5.47. The van der Waals surface area contributed by atoms with Crippen molar-refractivity contribution in [2.75, 3.05) is 13.1 Å². The second-order valence-corrected chi connectivity index (χ2v) is 7.32. The molecule has 1 unspecified atom stereocenters. The summed E-state index contributed by atoms with van der Waals surface area (Å²) in [7, 11) is 0. The number of carbonyl (C=O) groups is 2. The summed E-state index contributed by atoms with van der Waals surface area (Å²) in [6.07, 6.45) is -4.32. The SMILES string of the molecule is Cc1cc(C)cc(C2(C(=O)N3CCC(C(=O)O)(C(F)(F)F)C3)CC2)c1. The molecule has 1 N–H and O–H groups in total. The van der Waals surface area contributed by atoms with Crippen LogP contribution in [0.4, 0.5) is 13.2 Å². The van der Waals surface area contributed by atoms with E-state index in [9.17, 15) is 22.8 Å². The quantitative estimate of drug-likeness (QED) is 0.906. The molecule has 0 spiro atoms. The molecule has 1 atom stereocenters. The van der Waals surface area contributed by atoms with Crippen LogP contribution in [-0.2, 0) is 15.0 Å². The predicted molar refractivity (Wildman–Crippen MR) is 84.1 cm³/mol. The largest absolute Gasteiger partial charge is 0.481 e. The molecule has 3 rings (SSSR count). The van der Waals surface area contributed by atoms with E-state index in [0.29, 0.717) is 12.8 Å². The summed E-state index contributed by atoms with van der Waals surface area (Å²) in [5, 5.41) is 9.15. The van der Waals surface area contributed by atoms with Crippen LogP contribution in [0.15, 0.2) is 18.2 Å². The van der Waals surface area contributed by atoms with E-state index in [0.717, 1.165) is 21.6 Å². The zero-order valence-electron chi connectivity index (χ0n) is 14.1. The molecule has 25 heavy (non-hydrogen) atoms. The fraction of sp³-hybridized carbons (Fsp3) is 0.556. The number of carboxylic acids is 1. The standard InChI is InChI=1S/C18H20F3NO3/c1-11-7-12(2)9-13(8-11)16(3-4-16)14(23)22-6-5-17(10-22,15(24)25)18(19,20)21/h7-9H,3-6,10H2,1-2H3,(H,24,25). The molecule has 1 aromatic rings. The van der Waals surface area contributed by atoms with Gasteiger partial charge in [0.1, 0.15) is 0 Å². The molecule has 2 aliphatic rings. The van der Waals surface area contributed by atoms with Gasteiger partial charge >= 0.3 is 12.1 Å². The van der Waals surface area contributed by atoms with Crippen molar-refractivity contribution < 1.29 is 27.9 Å². The van der Waals surface area contributed by atoms with Crippen LogP contribution in [-0.4, -0.2) is 41.1 Å². The number of amides is 1. The first-order valence-corrected chi connectivity index (χ1v) is 8.20. The number of alkyl halides is 3. The topological polar surface area (TPSA) is 57.6 Å². The maximum Gasteiger partial charge on any atom is 0.406 e. The first-order valence-electron chi connectivity index (χ1n) is 8.20. The number of nitrogens with zero attached hydrogens (tertiary/aromatic N) is 1. The van der Waals surface area contributed by atoms with Crippen molar-refractivity contribution in [2.45, 2.75) is 44.7 Å². The molecule has 1 aromatic carbocycles. The van der Waals surface area contributed by atoms with Crippen LogP contribution in [0.25, 0.3) is 0 Å². The third-order valence-corrected chi connectivity index (χ3v) is 5.44. The lowest BCUT2D eigenvalue weighted by atomic mass is 9.86. The van der Waals surface area contributed by atoms with Crippen molar-refractivity contribution in [2.24, 2.45) is 5.41 Å². The molecule has 1 saturated heterocycles. The predicted octanol–water partition coefficient (Wildman–Crippen LogP) is 3.20. The molecule has 1 amide bonds. The number of hydrogen-bond donors (Lipinski definition) is 1. The fourth-order valence-corrected chi connectivity index (χ4v) is 3.81. The highest BCUT2D eigenvalue weighted by atomic mass is 19.4. The molecule has 1 aliphatic heterocycles. The van der Waals surface area contributed by atoms with E-state index in [2.05, 4.69) is 0 Å². The maximum atomic E-state index is 13.3. The minimum atomic E-state index is -4.88. The molecule has 4 nitrogen and oxygen atoms in total. The van der Waals surface area contributed by atoms with Gasteiger partial charge in [-0.25, -0.2) is 0 Å². The number of hydrogen-bond acceptors (Lipinski definition) is 2. The maximum absolute atomic E-state index is 13.3. The Kier molecular flexibility index (Phi) is 3.89. The summed E-state index contributed by atoms with van der Waals surface area (Å²) in [6, 6.07) is 5.75. The van der Waals surface area contributed by atoms with Gasteiger partial charge in [0, 0.05) is 13.1 Å². The minimum absolute atomic E-state index is 0.183. The smallest absolute Gasteiger partial charge is 0.406 e. The van der Waals surface area contributed by atoms with E-state index < -0.39 is 35.9 Å². The van der Waals surface area contributed by atoms with E-state index in [-0.39, 0.29) is 12.5 Å². The van der Waals surface area contributed by atoms with Crippen LogP contribution in [0.5, 0.6) is 0 Å². The third-order valence-electron chi connectivity index (χ3n) is 5.44. The van der Waals surface area contributed by atoms with Crippen LogP contribution in [0.2, 0.25) is 0 Å². The minimum Gasteiger partial charge on any atom is -0.481 e. The molecule has 0 aromatic heterocycles. The van der Waals surface area contributed by atoms with Crippen molar-refractivity contribution in [3.63, 3.8) is 0 Å². The van der Waals surface area contributed by atoms with Gasteiger partial charge in [0.2, 0.25) is 5.91 Å². The number of rotatable bonds is 3. The number of benzene rings is 1. The van der Waals surface area contributed by atoms with Gasteiger partial charge in [-0.2, -0.15) is 13.2 Å². The van der Waals surface area contributed by atoms with E-state index in [1.807, 2.05) is 32.0 Å². The molecular weight excluding hydrogens is 335 g/mol. The average Bonchev–Trinajstić information content (AvgIpc) is 3.15. The lowest BCUT2D eigenvalue weighted by Gasteiger charge is -2.29. The van der Waals surface area contributed by atoms with Crippen molar-refractivity contribution in [3.05, 3.63) is 34.9 Å². The Bertz CT molecular complexity index is 719.